The van der Waals surface area contributed by atoms with E-state index in [1.54, 1.807) is 5.19 Å². The summed E-state index contributed by atoms with van der Waals surface area (Å²) in [6, 6.07) is 9.74. The summed E-state index contributed by atoms with van der Waals surface area (Å²) in [5, 5.41) is 5.22. The summed E-state index contributed by atoms with van der Waals surface area (Å²) in [5.41, 5.74) is 1.52. The Bertz CT molecular complexity index is 337. The lowest BCUT2D eigenvalue weighted by molar-refractivity contribution is 0.690. The fraction of sp³-hybridized carbons (Fsp3) is 0.538. The van der Waals surface area contributed by atoms with E-state index < -0.39 is 8.07 Å². The minimum absolute atomic E-state index is 0.805. The molecule has 1 fully saturated rings. The quantitative estimate of drug-likeness (QED) is 0.767. The van der Waals surface area contributed by atoms with Crippen molar-refractivity contribution < 1.29 is 0 Å². The molecule has 1 aromatic carbocycles. The largest absolute Gasteiger partial charge is 0.310 e. The molecule has 1 N–H and O–H groups in total. The van der Waals surface area contributed by atoms with Crippen molar-refractivity contribution in [2.75, 3.05) is 0 Å². The molecule has 0 amide bonds. The smallest absolute Gasteiger partial charge is 0.0780 e. The molecule has 2 rings (SSSR count). The molecule has 1 aromatic rings. The number of hydrogen-bond donors (Lipinski definition) is 1. The molecule has 82 valence electrons. The van der Waals surface area contributed by atoms with Crippen molar-refractivity contribution in [1.82, 2.24) is 5.32 Å². The first-order chi connectivity index (χ1) is 7.07. The molecule has 0 bridgehead atoms. The molecule has 0 heterocycles. The summed E-state index contributed by atoms with van der Waals surface area (Å²) in [6.45, 7) is 8.32. The lowest BCUT2D eigenvalue weighted by Gasteiger charge is -2.21. The van der Waals surface area contributed by atoms with Gasteiger partial charge in [-0.05, 0) is 18.4 Å². The Morgan fingerprint density at radius 2 is 1.87 bits per heavy atom. The van der Waals surface area contributed by atoms with E-state index in [2.05, 4.69) is 49.2 Å². The first kappa shape index (κ1) is 10.9. The summed E-state index contributed by atoms with van der Waals surface area (Å²) in [4.78, 5) is 0. The molecule has 1 saturated carbocycles. The Kier molecular flexibility index (Phi) is 2.98. The first-order valence-corrected chi connectivity index (χ1v) is 9.39. The number of benzene rings is 1. The fourth-order valence-electron chi connectivity index (χ4n) is 1.95. The molecule has 1 aliphatic carbocycles. The van der Waals surface area contributed by atoms with Gasteiger partial charge in [-0.1, -0.05) is 49.1 Å². The Morgan fingerprint density at radius 1 is 1.20 bits per heavy atom. The van der Waals surface area contributed by atoms with Gasteiger partial charge in [0, 0.05) is 12.6 Å². The minimum Gasteiger partial charge on any atom is -0.310 e. The lowest BCUT2D eigenvalue weighted by atomic mass is 10.2. The second-order valence-electron chi connectivity index (χ2n) is 5.56. The second-order valence-corrected chi connectivity index (χ2v) is 10.6. The van der Waals surface area contributed by atoms with Gasteiger partial charge in [0.15, 0.2) is 0 Å². The molecule has 0 aromatic heterocycles. The number of hydrogen-bond acceptors (Lipinski definition) is 1. The Morgan fingerprint density at radius 3 is 2.47 bits per heavy atom. The van der Waals surface area contributed by atoms with Crippen LogP contribution in [0.3, 0.4) is 0 Å². The van der Waals surface area contributed by atoms with E-state index in [-0.39, 0.29) is 0 Å². The van der Waals surface area contributed by atoms with Gasteiger partial charge >= 0.3 is 0 Å². The third kappa shape index (κ3) is 2.92. The minimum atomic E-state index is -1.17. The van der Waals surface area contributed by atoms with Crippen LogP contribution >= 0.6 is 0 Å². The highest BCUT2D eigenvalue weighted by atomic mass is 28.3. The van der Waals surface area contributed by atoms with Gasteiger partial charge in [0.2, 0.25) is 0 Å². The zero-order chi connectivity index (χ0) is 10.9. The van der Waals surface area contributed by atoms with Crippen LogP contribution in [0.4, 0.5) is 0 Å². The van der Waals surface area contributed by atoms with Crippen molar-refractivity contribution in [2.24, 2.45) is 0 Å². The molecular formula is C13H21NSi. The predicted molar refractivity (Wildman–Crippen MR) is 69.3 cm³/mol. The Balaban J connectivity index is 2.13. The van der Waals surface area contributed by atoms with Gasteiger partial charge < -0.3 is 5.32 Å². The average Bonchev–Trinajstić information content (AvgIpc) is 2.97. The highest BCUT2D eigenvalue weighted by Crippen LogP contribution is 2.19. The van der Waals surface area contributed by atoms with Crippen molar-refractivity contribution in [1.29, 1.82) is 0 Å². The average molecular weight is 219 g/mol. The van der Waals surface area contributed by atoms with Crippen molar-refractivity contribution in [3.63, 3.8) is 0 Å². The Hall–Kier alpha value is -0.603. The van der Waals surface area contributed by atoms with Gasteiger partial charge in [-0.25, -0.2) is 0 Å². The maximum atomic E-state index is 3.61. The van der Waals surface area contributed by atoms with E-state index in [1.165, 1.54) is 18.4 Å². The van der Waals surface area contributed by atoms with Crippen LogP contribution in [-0.2, 0) is 6.54 Å². The maximum Gasteiger partial charge on any atom is 0.0780 e. The zero-order valence-electron chi connectivity index (χ0n) is 10.0. The van der Waals surface area contributed by atoms with Crippen molar-refractivity contribution >= 4 is 13.3 Å². The van der Waals surface area contributed by atoms with E-state index in [9.17, 15) is 0 Å². The van der Waals surface area contributed by atoms with Crippen LogP contribution in [0.25, 0.3) is 0 Å². The van der Waals surface area contributed by atoms with Crippen molar-refractivity contribution in [3.05, 3.63) is 29.8 Å². The zero-order valence-corrected chi connectivity index (χ0v) is 11.0. The maximum absolute atomic E-state index is 3.61. The van der Waals surface area contributed by atoms with Crippen LogP contribution in [0.15, 0.2) is 24.3 Å². The van der Waals surface area contributed by atoms with Gasteiger partial charge in [-0.15, -0.1) is 0 Å². The van der Waals surface area contributed by atoms with Crippen molar-refractivity contribution in [3.8, 4) is 0 Å². The second kappa shape index (κ2) is 4.10. The van der Waals surface area contributed by atoms with E-state index >= 15 is 0 Å². The van der Waals surface area contributed by atoms with Crippen LogP contribution in [0.2, 0.25) is 19.6 Å². The van der Waals surface area contributed by atoms with E-state index in [1.807, 2.05) is 0 Å². The summed E-state index contributed by atoms with van der Waals surface area (Å²) in [7, 11) is -1.17. The van der Waals surface area contributed by atoms with E-state index in [0.717, 1.165) is 12.6 Å². The van der Waals surface area contributed by atoms with E-state index in [4.69, 9.17) is 0 Å². The standard InChI is InChI=1S/C13H21NSi/c1-15(2,3)13-7-5-4-6-11(13)10-14-12-8-9-12/h4-7,12,14H,8-10H2,1-3H3. The third-order valence-electron chi connectivity index (χ3n) is 2.98. The molecule has 1 nitrogen and oxygen atoms in total. The molecule has 2 heteroatoms. The summed E-state index contributed by atoms with van der Waals surface area (Å²) in [6.07, 6.45) is 2.74. The number of nitrogens with one attached hydrogen (secondary N) is 1. The van der Waals surface area contributed by atoms with Crippen LogP contribution in [0.1, 0.15) is 18.4 Å². The molecule has 0 saturated heterocycles. The molecular weight excluding hydrogens is 198 g/mol. The van der Waals surface area contributed by atoms with Gasteiger partial charge in [-0.2, -0.15) is 0 Å². The molecule has 0 radical (unpaired) electrons. The van der Waals surface area contributed by atoms with Crippen molar-refractivity contribution in [2.45, 2.75) is 45.1 Å². The fourth-order valence-corrected chi connectivity index (χ4v) is 3.68. The highest BCUT2D eigenvalue weighted by Gasteiger charge is 2.23. The molecule has 0 unspecified atom stereocenters. The normalized spacial score (nSPS) is 16.7. The topological polar surface area (TPSA) is 12.0 Å². The van der Waals surface area contributed by atoms with Gasteiger partial charge in [0.05, 0.1) is 8.07 Å². The molecule has 0 atom stereocenters. The number of rotatable bonds is 4. The first-order valence-electron chi connectivity index (χ1n) is 5.89. The molecule has 1 aliphatic rings. The van der Waals surface area contributed by atoms with Crippen LogP contribution in [-0.4, -0.2) is 14.1 Å². The SMILES string of the molecule is C[Si](C)(C)c1ccccc1CNC1CC1. The summed E-state index contributed by atoms with van der Waals surface area (Å²) in [5.74, 6) is 0. The van der Waals surface area contributed by atoms with Gasteiger partial charge in [-0.3, -0.25) is 0 Å². The molecule has 0 spiro atoms. The summed E-state index contributed by atoms with van der Waals surface area (Å²) >= 11 is 0. The Labute approximate surface area is 93.9 Å². The highest BCUT2D eigenvalue weighted by molar-refractivity contribution is 6.89. The molecule has 15 heavy (non-hydrogen) atoms. The monoisotopic (exact) mass is 219 g/mol. The van der Waals surface area contributed by atoms with Gasteiger partial charge in [0.25, 0.3) is 0 Å². The lowest BCUT2D eigenvalue weighted by Crippen LogP contribution is -2.41. The van der Waals surface area contributed by atoms with Gasteiger partial charge in [0.1, 0.15) is 0 Å². The van der Waals surface area contributed by atoms with Crippen LogP contribution in [0.5, 0.6) is 0 Å². The van der Waals surface area contributed by atoms with Crippen LogP contribution in [0, 0.1) is 0 Å². The van der Waals surface area contributed by atoms with E-state index in [0.29, 0.717) is 0 Å². The molecule has 0 aliphatic heterocycles. The summed E-state index contributed by atoms with van der Waals surface area (Å²) < 4.78 is 0. The third-order valence-corrected chi connectivity index (χ3v) is 5.09. The predicted octanol–water partition coefficient (Wildman–Crippen LogP) is 2.48. The van der Waals surface area contributed by atoms with Crippen LogP contribution < -0.4 is 10.5 Å².